The number of hydrogen-bond donors (Lipinski definition) is 0. The van der Waals surface area contributed by atoms with Gasteiger partial charge >= 0.3 is 5.97 Å². The average molecular weight is 254 g/mol. The minimum atomic E-state index is -1.24. The molecular weight excluding hydrogens is 244 g/mol. The van der Waals surface area contributed by atoms with Crippen LogP contribution in [-0.2, 0) is 14.3 Å². The quantitative estimate of drug-likeness (QED) is 0.613. The van der Waals surface area contributed by atoms with Crippen LogP contribution in [0.1, 0.15) is 11.6 Å². The molecule has 1 aromatic carbocycles. The summed E-state index contributed by atoms with van der Waals surface area (Å²) in [4.78, 5) is 27.1. The zero-order valence-electron chi connectivity index (χ0n) is 10.2. The second kappa shape index (κ2) is 5.27. The number of methoxy groups -OCH3 is 1. The van der Waals surface area contributed by atoms with Crippen molar-refractivity contribution in [2.75, 3.05) is 7.11 Å². The number of para-hydroxylation sites is 1. The summed E-state index contributed by atoms with van der Waals surface area (Å²) in [7, 11) is 1.10. The van der Waals surface area contributed by atoms with Crippen LogP contribution in [0.4, 0.5) is 0 Å². The monoisotopic (exact) mass is 254 g/mol. The van der Waals surface area contributed by atoms with Crippen LogP contribution in [0.25, 0.3) is 10.9 Å². The van der Waals surface area contributed by atoms with Gasteiger partial charge in [-0.2, -0.15) is 5.26 Å². The first kappa shape index (κ1) is 12.7. The molecule has 2 rings (SSSR count). The maximum atomic E-state index is 11.7. The molecule has 1 aromatic heterocycles. The molecule has 5 nitrogen and oxygen atoms in total. The Labute approximate surface area is 109 Å². The van der Waals surface area contributed by atoms with Crippen LogP contribution in [0, 0.1) is 11.3 Å². The lowest BCUT2D eigenvalue weighted by Gasteiger charge is -2.07. The third-order valence-corrected chi connectivity index (χ3v) is 2.69. The van der Waals surface area contributed by atoms with Crippen LogP contribution in [-0.4, -0.2) is 23.8 Å². The standard InChI is InChI=1S/C14H10N2O3/c1-19-14(18)13(17)10(8-15)12-7-6-9-4-2-3-5-11(9)16-12/h2-7,10H,1H3. The summed E-state index contributed by atoms with van der Waals surface area (Å²) in [6, 6.07) is 12.4. The van der Waals surface area contributed by atoms with Gasteiger partial charge in [-0.05, 0) is 12.1 Å². The van der Waals surface area contributed by atoms with Crippen molar-refractivity contribution >= 4 is 22.7 Å². The molecule has 0 radical (unpaired) electrons. The van der Waals surface area contributed by atoms with Crippen molar-refractivity contribution in [3.63, 3.8) is 0 Å². The number of ketones is 1. The number of benzene rings is 1. The van der Waals surface area contributed by atoms with Crippen molar-refractivity contribution in [3.05, 3.63) is 42.1 Å². The number of esters is 1. The highest BCUT2D eigenvalue weighted by molar-refractivity contribution is 6.36. The Morgan fingerprint density at radius 3 is 2.68 bits per heavy atom. The summed E-state index contributed by atoms with van der Waals surface area (Å²) in [5.74, 6) is -3.19. The Morgan fingerprint density at radius 1 is 1.26 bits per heavy atom. The highest BCUT2D eigenvalue weighted by Gasteiger charge is 2.28. The maximum absolute atomic E-state index is 11.7. The Bertz CT molecular complexity index is 688. The van der Waals surface area contributed by atoms with Gasteiger partial charge in [0, 0.05) is 5.39 Å². The number of pyridine rings is 1. The van der Waals surface area contributed by atoms with E-state index in [1.807, 2.05) is 18.2 Å². The molecule has 0 N–H and O–H groups in total. The van der Waals surface area contributed by atoms with Gasteiger partial charge in [0.25, 0.3) is 5.78 Å². The van der Waals surface area contributed by atoms with Crippen LogP contribution >= 0.6 is 0 Å². The Hall–Kier alpha value is -2.74. The lowest BCUT2D eigenvalue weighted by Crippen LogP contribution is -2.23. The predicted octanol–water partition coefficient (Wildman–Crippen LogP) is 1.58. The van der Waals surface area contributed by atoms with E-state index in [1.54, 1.807) is 24.3 Å². The first-order valence-corrected chi connectivity index (χ1v) is 5.55. The van der Waals surface area contributed by atoms with Gasteiger partial charge in [0.15, 0.2) is 5.92 Å². The Balaban J connectivity index is 2.44. The minimum Gasteiger partial charge on any atom is -0.463 e. The SMILES string of the molecule is COC(=O)C(=O)C(C#N)c1ccc2ccccc2n1. The average Bonchev–Trinajstić information content (AvgIpc) is 2.46. The number of hydrogen-bond acceptors (Lipinski definition) is 5. The summed E-state index contributed by atoms with van der Waals surface area (Å²) in [6.07, 6.45) is 0. The van der Waals surface area contributed by atoms with E-state index < -0.39 is 17.7 Å². The highest BCUT2D eigenvalue weighted by Crippen LogP contribution is 2.19. The van der Waals surface area contributed by atoms with Crippen molar-refractivity contribution in [2.45, 2.75) is 5.92 Å². The van der Waals surface area contributed by atoms with Crippen molar-refractivity contribution in [1.82, 2.24) is 4.98 Å². The largest absolute Gasteiger partial charge is 0.463 e. The van der Waals surface area contributed by atoms with Crippen LogP contribution in [0.15, 0.2) is 36.4 Å². The number of aromatic nitrogens is 1. The second-order valence-corrected chi connectivity index (χ2v) is 3.85. The summed E-state index contributed by atoms with van der Waals surface area (Å²) >= 11 is 0. The summed E-state index contributed by atoms with van der Waals surface area (Å²) < 4.78 is 4.34. The van der Waals surface area contributed by atoms with Gasteiger partial charge in [0.2, 0.25) is 0 Å². The molecule has 94 valence electrons. The van der Waals surface area contributed by atoms with E-state index in [1.165, 1.54) is 0 Å². The van der Waals surface area contributed by atoms with E-state index >= 15 is 0 Å². The van der Waals surface area contributed by atoms with E-state index in [4.69, 9.17) is 5.26 Å². The normalized spacial score (nSPS) is 11.6. The molecule has 0 saturated carbocycles. The van der Waals surface area contributed by atoms with Gasteiger partial charge in [-0.3, -0.25) is 9.78 Å². The third-order valence-electron chi connectivity index (χ3n) is 2.69. The smallest absolute Gasteiger partial charge is 0.376 e. The molecule has 19 heavy (non-hydrogen) atoms. The topological polar surface area (TPSA) is 80.0 Å². The van der Waals surface area contributed by atoms with Crippen molar-refractivity contribution in [3.8, 4) is 6.07 Å². The fourth-order valence-corrected chi connectivity index (χ4v) is 1.72. The van der Waals surface area contributed by atoms with Crippen molar-refractivity contribution in [1.29, 1.82) is 5.26 Å². The molecule has 0 fully saturated rings. The predicted molar refractivity (Wildman–Crippen MR) is 67.1 cm³/mol. The second-order valence-electron chi connectivity index (χ2n) is 3.85. The number of Topliss-reactive ketones (excluding diaryl/α,β-unsaturated/α-hetero) is 1. The molecule has 5 heteroatoms. The zero-order valence-corrected chi connectivity index (χ0v) is 10.2. The van der Waals surface area contributed by atoms with Gasteiger partial charge in [-0.1, -0.05) is 24.3 Å². The lowest BCUT2D eigenvalue weighted by molar-refractivity contribution is -0.151. The molecule has 0 bridgehead atoms. The van der Waals surface area contributed by atoms with E-state index in [0.29, 0.717) is 5.52 Å². The van der Waals surface area contributed by atoms with Gasteiger partial charge < -0.3 is 4.74 Å². The van der Waals surface area contributed by atoms with Gasteiger partial charge in [-0.25, -0.2) is 4.79 Å². The molecule has 0 aliphatic rings. The highest BCUT2D eigenvalue weighted by atomic mass is 16.5. The summed E-state index contributed by atoms with van der Waals surface area (Å²) in [5, 5.41) is 9.94. The molecule has 1 unspecified atom stereocenters. The van der Waals surface area contributed by atoms with Crippen LogP contribution in [0.2, 0.25) is 0 Å². The van der Waals surface area contributed by atoms with Gasteiger partial charge in [-0.15, -0.1) is 0 Å². The minimum absolute atomic E-state index is 0.247. The first-order valence-electron chi connectivity index (χ1n) is 5.55. The molecule has 0 aliphatic carbocycles. The molecule has 1 heterocycles. The third kappa shape index (κ3) is 2.43. The van der Waals surface area contributed by atoms with Crippen LogP contribution in [0.5, 0.6) is 0 Å². The van der Waals surface area contributed by atoms with Crippen molar-refractivity contribution in [2.24, 2.45) is 0 Å². The molecule has 0 aliphatic heterocycles. The fraction of sp³-hybridized carbons (Fsp3) is 0.143. The molecule has 1 atom stereocenters. The number of nitrogens with zero attached hydrogens (tertiary/aromatic N) is 2. The van der Waals surface area contributed by atoms with Crippen LogP contribution in [0.3, 0.4) is 0 Å². The summed E-state index contributed by atoms with van der Waals surface area (Å²) in [6.45, 7) is 0. The number of nitriles is 1. The Kier molecular flexibility index (Phi) is 3.53. The van der Waals surface area contributed by atoms with E-state index in [2.05, 4.69) is 9.72 Å². The van der Waals surface area contributed by atoms with E-state index in [-0.39, 0.29) is 5.69 Å². The van der Waals surface area contributed by atoms with Gasteiger partial charge in [0.1, 0.15) is 0 Å². The maximum Gasteiger partial charge on any atom is 0.376 e. The van der Waals surface area contributed by atoms with E-state index in [9.17, 15) is 9.59 Å². The fourth-order valence-electron chi connectivity index (χ4n) is 1.72. The van der Waals surface area contributed by atoms with Gasteiger partial charge in [0.05, 0.1) is 24.4 Å². The van der Waals surface area contributed by atoms with Crippen LogP contribution < -0.4 is 0 Å². The molecular formula is C14H10N2O3. The number of ether oxygens (including phenoxy) is 1. The molecule has 2 aromatic rings. The van der Waals surface area contributed by atoms with Crippen molar-refractivity contribution < 1.29 is 14.3 Å². The molecule has 0 amide bonds. The lowest BCUT2D eigenvalue weighted by atomic mass is 10.0. The number of fused-ring (bicyclic) bond motifs is 1. The number of carbonyl (C=O) groups is 2. The molecule has 0 spiro atoms. The number of carbonyl (C=O) groups excluding carboxylic acids is 2. The first-order chi connectivity index (χ1) is 9.17. The zero-order chi connectivity index (χ0) is 13.8. The Morgan fingerprint density at radius 2 is 2.00 bits per heavy atom. The van der Waals surface area contributed by atoms with E-state index in [0.717, 1.165) is 12.5 Å². The number of rotatable bonds is 3. The summed E-state index contributed by atoms with van der Waals surface area (Å²) in [5.41, 5.74) is 0.912. The molecule has 0 saturated heterocycles.